The summed E-state index contributed by atoms with van der Waals surface area (Å²) in [6.07, 6.45) is 60.3. The molecule has 0 saturated carbocycles. The Kier molecular flexibility index (Phi) is 67.5. The summed E-state index contributed by atoms with van der Waals surface area (Å²) in [4.78, 5) is 72.9. The molecule has 0 fully saturated rings. The highest BCUT2D eigenvalue weighted by atomic mass is 31.2. The summed E-state index contributed by atoms with van der Waals surface area (Å²) in [7, 11) is -9.93. The Labute approximate surface area is 592 Å². The second kappa shape index (κ2) is 69.3. The normalized spacial score (nSPS) is 14.4. The number of carbonyl (C=O) groups excluding carboxylic acids is 4. The average Bonchev–Trinajstić information content (AvgIpc) is 1.12. The van der Waals surface area contributed by atoms with Crippen molar-refractivity contribution in [2.45, 2.75) is 400 Å². The molecule has 0 saturated heterocycles. The molecule has 6 atom stereocenters. The summed E-state index contributed by atoms with van der Waals surface area (Å²) < 4.78 is 68.6. The maximum Gasteiger partial charge on any atom is 0.472 e. The van der Waals surface area contributed by atoms with Crippen LogP contribution in [0.15, 0.2) is 24.3 Å². The maximum absolute atomic E-state index is 13.1. The van der Waals surface area contributed by atoms with Gasteiger partial charge in [-0.3, -0.25) is 37.3 Å². The molecule has 3 unspecified atom stereocenters. The SMILES string of the molecule is CCCCCC/C=C\C=C/CCCCCCCC(=O)O[C@H](COC(=O)CCCCCCCCCCCCCCC(C)C)COP(=O)(O)OC[C@@H](O)COP(=O)(O)OC[C@@H](COC(=O)CCCCCCCCCCC(C)CC)OC(=O)CCCCCCCCCCCCCCCCC. The highest BCUT2D eigenvalue weighted by molar-refractivity contribution is 7.47. The second-order valence-electron chi connectivity index (χ2n) is 28.1. The molecule has 3 N–H and O–H groups in total. The smallest absolute Gasteiger partial charge is 0.462 e. The molecule has 0 aliphatic heterocycles. The van der Waals surface area contributed by atoms with Gasteiger partial charge in [-0.2, -0.15) is 0 Å². The third kappa shape index (κ3) is 70.4. The van der Waals surface area contributed by atoms with Gasteiger partial charge in [0.1, 0.15) is 19.3 Å². The van der Waals surface area contributed by atoms with Crippen LogP contribution in [0.3, 0.4) is 0 Å². The standard InChI is InChI=1S/C78H148O17P2/c1-7-10-12-14-16-18-20-22-24-26-32-36-44-50-56-62-77(82)94-73(66-88-75(80)60-54-48-42-35-31-29-28-30-34-40-46-52-58-70(4)5)68-92-96(84,85)90-64-72(79)65-91-97(86,87)93-69-74(67-89-76(81)61-55-49-43-39-38-41-47-53-59-71(6)9-3)95-78(83)63-57-51-45-37-33-27-25-23-21-19-17-15-13-11-8-2/h18,20,22,24,70-74,79H,7-17,19,21,23,25-69H2,1-6H3,(H,84,85)(H,86,87)/b20-18-,24-22-/t71?,72-,73-,74-/m1/s1. The van der Waals surface area contributed by atoms with Crippen LogP contribution in [0.25, 0.3) is 0 Å². The first-order chi connectivity index (χ1) is 46.9. The zero-order valence-electron chi connectivity index (χ0n) is 62.9. The average molecular weight is 1420 g/mol. The third-order valence-corrected chi connectivity index (χ3v) is 19.8. The van der Waals surface area contributed by atoms with Gasteiger partial charge in [0.15, 0.2) is 12.2 Å². The largest absolute Gasteiger partial charge is 0.472 e. The Balaban J connectivity index is 5.31. The van der Waals surface area contributed by atoms with Gasteiger partial charge in [0.2, 0.25) is 0 Å². The van der Waals surface area contributed by atoms with Crippen LogP contribution in [-0.2, 0) is 65.4 Å². The predicted molar refractivity (Wildman–Crippen MR) is 395 cm³/mol. The zero-order chi connectivity index (χ0) is 71.4. The predicted octanol–water partition coefficient (Wildman–Crippen LogP) is 22.7. The molecule has 19 heteroatoms. The Hall–Kier alpha value is -2.46. The van der Waals surface area contributed by atoms with Crippen molar-refractivity contribution in [1.82, 2.24) is 0 Å². The van der Waals surface area contributed by atoms with Crippen molar-refractivity contribution in [3.05, 3.63) is 24.3 Å². The minimum absolute atomic E-state index is 0.0851. The Morgan fingerprint density at radius 3 is 0.928 bits per heavy atom. The summed E-state index contributed by atoms with van der Waals surface area (Å²) >= 11 is 0. The summed E-state index contributed by atoms with van der Waals surface area (Å²) in [6, 6.07) is 0. The highest BCUT2D eigenvalue weighted by Crippen LogP contribution is 2.45. The van der Waals surface area contributed by atoms with Crippen LogP contribution in [0.1, 0.15) is 382 Å². The molecule has 0 bridgehead atoms. The number of hydrogen-bond donors (Lipinski definition) is 3. The van der Waals surface area contributed by atoms with Crippen LogP contribution in [0.4, 0.5) is 0 Å². The molecule has 0 spiro atoms. The molecular weight excluding hydrogens is 1270 g/mol. The molecule has 97 heavy (non-hydrogen) atoms. The van der Waals surface area contributed by atoms with Gasteiger partial charge in [-0.05, 0) is 63.2 Å². The highest BCUT2D eigenvalue weighted by Gasteiger charge is 2.30. The van der Waals surface area contributed by atoms with Crippen molar-refractivity contribution >= 4 is 39.5 Å². The number of allylic oxidation sites excluding steroid dienone is 4. The number of phosphoric acid groups is 2. The van der Waals surface area contributed by atoms with E-state index in [1.54, 1.807) is 0 Å². The van der Waals surface area contributed by atoms with Crippen molar-refractivity contribution in [3.8, 4) is 0 Å². The van der Waals surface area contributed by atoms with Crippen LogP contribution in [-0.4, -0.2) is 96.7 Å². The number of rotatable bonds is 75. The number of aliphatic hydroxyl groups is 1. The van der Waals surface area contributed by atoms with E-state index in [1.807, 2.05) is 0 Å². The van der Waals surface area contributed by atoms with Crippen molar-refractivity contribution in [3.63, 3.8) is 0 Å². The topological polar surface area (TPSA) is 237 Å². The number of ether oxygens (including phenoxy) is 4. The van der Waals surface area contributed by atoms with E-state index < -0.39 is 97.5 Å². The molecule has 0 aliphatic carbocycles. The van der Waals surface area contributed by atoms with Gasteiger partial charge in [0.05, 0.1) is 26.4 Å². The lowest BCUT2D eigenvalue weighted by molar-refractivity contribution is -0.161. The quantitative estimate of drug-likeness (QED) is 0.0169. The van der Waals surface area contributed by atoms with Crippen LogP contribution in [0.5, 0.6) is 0 Å². The lowest BCUT2D eigenvalue weighted by atomic mass is 9.99. The van der Waals surface area contributed by atoms with E-state index in [2.05, 4.69) is 65.8 Å². The Bertz CT molecular complexity index is 1970. The van der Waals surface area contributed by atoms with Gasteiger partial charge in [-0.15, -0.1) is 0 Å². The van der Waals surface area contributed by atoms with E-state index in [-0.39, 0.29) is 25.7 Å². The molecule has 17 nitrogen and oxygen atoms in total. The molecule has 0 heterocycles. The molecule has 0 rings (SSSR count). The van der Waals surface area contributed by atoms with Crippen molar-refractivity contribution in [2.24, 2.45) is 11.8 Å². The van der Waals surface area contributed by atoms with Crippen LogP contribution < -0.4 is 0 Å². The molecule has 0 aromatic rings. The lowest BCUT2D eigenvalue weighted by Crippen LogP contribution is -2.30. The fourth-order valence-corrected chi connectivity index (χ4v) is 13.0. The summed E-state index contributed by atoms with van der Waals surface area (Å²) in [5.41, 5.74) is 0. The van der Waals surface area contributed by atoms with Gasteiger partial charge >= 0.3 is 39.5 Å². The van der Waals surface area contributed by atoms with Gasteiger partial charge in [0, 0.05) is 25.7 Å². The number of carbonyl (C=O) groups is 4. The van der Waals surface area contributed by atoms with E-state index in [0.717, 1.165) is 115 Å². The number of esters is 4. The molecule has 0 aliphatic rings. The van der Waals surface area contributed by atoms with E-state index in [4.69, 9.17) is 37.0 Å². The third-order valence-electron chi connectivity index (χ3n) is 17.9. The second-order valence-corrected chi connectivity index (χ2v) is 31.0. The van der Waals surface area contributed by atoms with Gasteiger partial charge in [0.25, 0.3) is 0 Å². The van der Waals surface area contributed by atoms with Gasteiger partial charge < -0.3 is 33.8 Å². The number of unbranched alkanes of at least 4 members (excludes halogenated alkanes) is 41. The minimum Gasteiger partial charge on any atom is -0.462 e. The van der Waals surface area contributed by atoms with Gasteiger partial charge in [-0.25, -0.2) is 9.13 Å². The van der Waals surface area contributed by atoms with E-state index >= 15 is 0 Å². The van der Waals surface area contributed by atoms with Gasteiger partial charge in [-0.1, -0.05) is 329 Å². The first-order valence-corrected chi connectivity index (χ1v) is 42.8. The molecule has 0 aromatic heterocycles. The fourth-order valence-electron chi connectivity index (χ4n) is 11.4. The molecule has 0 amide bonds. The first kappa shape index (κ1) is 94.5. The molecule has 572 valence electrons. The van der Waals surface area contributed by atoms with E-state index in [9.17, 15) is 43.2 Å². The maximum atomic E-state index is 13.1. The van der Waals surface area contributed by atoms with Crippen LogP contribution in [0.2, 0.25) is 0 Å². The zero-order valence-corrected chi connectivity index (χ0v) is 64.7. The van der Waals surface area contributed by atoms with Crippen LogP contribution >= 0.6 is 15.6 Å². The fraction of sp³-hybridized carbons (Fsp3) is 0.897. The lowest BCUT2D eigenvalue weighted by Gasteiger charge is -2.21. The Morgan fingerprint density at radius 1 is 0.340 bits per heavy atom. The summed E-state index contributed by atoms with van der Waals surface area (Å²) in [5, 5.41) is 10.6. The number of hydrogen-bond acceptors (Lipinski definition) is 15. The summed E-state index contributed by atoms with van der Waals surface area (Å²) in [5.74, 6) is -0.587. The first-order valence-electron chi connectivity index (χ1n) is 39.8. The molecular formula is C78H148O17P2. The van der Waals surface area contributed by atoms with E-state index in [0.29, 0.717) is 25.7 Å². The molecule has 0 radical (unpaired) electrons. The van der Waals surface area contributed by atoms with Crippen LogP contribution in [0, 0.1) is 11.8 Å². The summed E-state index contributed by atoms with van der Waals surface area (Å²) in [6.45, 7) is 9.56. The van der Waals surface area contributed by atoms with Crippen molar-refractivity contribution < 1.29 is 80.2 Å². The van der Waals surface area contributed by atoms with Crippen molar-refractivity contribution in [2.75, 3.05) is 39.6 Å². The van der Waals surface area contributed by atoms with Crippen molar-refractivity contribution in [1.29, 1.82) is 0 Å². The number of phosphoric ester groups is 2. The molecule has 0 aromatic carbocycles. The van der Waals surface area contributed by atoms with E-state index in [1.165, 1.54) is 186 Å². The Morgan fingerprint density at radius 2 is 0.608 bits per heavy atom. The number of aliphatic hydroxyl groups excluding tert-OH is 1. The monoisotopic (exact) mass is 1420 g/mol. The minimum atomic E-state index is -4.97.